The summed E-state index contributed by atoms with van der Waals surface area (Å²) in [5.74, 6) is 0.472. The topological polar surface area (TPSA) is 67.2 Å². The summed E-state index contributed by atoms with van der Waals surface area (Å²) in [6.07, 6.45) is 4.55. The molecular formula is C14H24N4O2S. The Bertz CT molecular complexity index is 612. The van der Waals surface area contributed by atoms with Gasteiger partial charge in [-0.2, -0.15) is 5.10 Å². The third-order valence-corrected chi connectivity index (χ3v) is 6.42. The molecular weight excluding hydrogens is 288 g/mol. The molecule has 1 unspecified atom stereocenters. The Morgan fingerprint density at radius 3 is 3.00 bits per heavy atom. The van der Waals surface area contributed by atoms with Crippen molar-refractivity contribution in [2.45, 2.75) is 38.4 Å². The monoisotopic (exact) mass is 312 g/mol. The maximum atomic E-state index is 11.7. The number of nitrogens with zero attached hydrogens (tertiary/aromatic N) is 3. The van der Waals surface area contributed by atoms with Crippen LogP contribution >= 0.6 is 0 Å². The van der Waals surface area contributed by atoms with Crippen LogP contribution in [0.5, 0.6) is 0 Å². The van der Waals surface area contributed by atoms with Gasteiger partial charge in [-0.3, -0.25) is 9.58 Å². The van der Waals surface area contributed by atoms with E-state index in [9.17, 15) is 8.42 Å². The van der Waals surface area contributed by atoms with Gasteiger partial charge in [-0.1, -0.05) is 0 Å². The fourth-order valence-electron chi connectivity index (χ4n) is 3.33. The zero-order chi connectivity index (χ0) is 15.1. The summed E-state index contributed by atoms with van der Waals surface area (Å²) in [7, 11) is -2.91. The zero-order valence-corrected chi connectivity index (χ0v) is 13.6. The minimum absolute atomic E-state index is 0.200. The van der Waals surface area contributed by atoms with Gasteiger partial charge in [0, 0.05) is 44.0 Å². The molecule has 6 nitrogen and oxygen atoms in total. The lowest BCUT2D eigenvalue weighted by Gasteiger charge is -2.31. The van der Waals surface area contributed by atoms with Crippen molar-refractivity contribution in [1.82, 2.24) is 20.0 Å². The van der Waals surface area contributed by atoms with Crippen LogP contribution in [0.25, 0.3) is 0 Å². The van der Waals surface area contributed by atoms with Gasteiger partial charge in [-0.05, 0) is 20.3 Å². The van der Waals surface area contributed by atoms with Crippen LogP contribution in [0.15, 0.2) is 12.4 Å². The number of hydrogen-bond acceptors (Lipinski definition) is 5. The molecule has 7 heteroatoms. The van der Waals surface area contributed by atoms with Gasteiger partial charge in [0.25, 0.3) is 0 Å². The number of rotatable bonds is 3. The summed E-state index contributed by atoms with van der Waals surface area (Å²) in [5.41, 5.74) is 0.781. The Morgan fingerprint density at radius 2 is 2.33 bits per heavy atom. The molecule has 0 aliphatic carbocycles. The van der Waals surface area contributed by atoms with Gasteiger partial charge in [-0.15, -0.1) is 0 Å². The Morgan fingerprint density at radius 1 is 1.52 bits per heavy atom. The van der Waals surface area contributed by atoms with E-state index in [2.05, 4.69) is 22.2 Å². The number of sulfone groups is 1. The normalized spacial score (nSPS) is 33.3. The van der Waals surface area contributed by atoms with Crippen LogP contribution < -0.4 is 5.32 Å². The van der Waals surface area contributed by atoms with Gasteiger partial charge in [0.15, 0.2) is 9.84 Å². The number of piperazine rings is 1. The van der Waals surface area contributed by atoms with E-state index in [1.54, 1.807) is 0 Å². The summed E-state index contributed by atoms with van der Waals surface area (Å²) >= 11 is 0. The van der Waals surface area contributed by atoms with Crippen molar-refractivity contribution in [2.24, 2.45) is 0 Å². The van der Waals surface area contributed by atoms with Gasteiger partial charge in [0.1, 0.15) is 0 Å². The summed E-state index contributed by atoms with van der Waals surface area (Å²) in [6, 6.07) is 0.520. The Hall–Kier alpha value is -0.920. The van der Waals surface area contributed by atoms with Crippen LogP contribution in [-0.4, -0.2) is 60.3 Å². The van der Waals surface area contributed by atoms with Crippen LogP contribution in [-0.2, 0) is 21.9 Å². The van der Waals surface area contributed by atoms with Crippen molar-refractivity contribution in [3.05, 3.63) is 18.0 Å². The summed E-state index contributed by atoms with van der Waals surface area (Å²) in [4.78, 5) is 2.41. The molecule has 3 heterocycles. The number of nitrogens with one attached hydrogen (secondary N) is 1. The van der Waals surface area contributed by atoms with Crippen molar-refractivity contribution < 1.29 is 8.42 Å². The standard InChI is InChI=1S/C14H24N4O2S/c1-12-8-17(5-4-15-12)9-13-7-16-18(10-13)14(2)3-6-21(19,20)11-14/h7,10,12,15H,3-6,8-9,11H2,1-2H3/t12-,14?/m1/s1. The predicted octanol–water partition coefficient (Wildman–Crippen LogP) is 0.211. The molecule has 2 atom stereocenters. The van der Waals surface area contributed by atoms with Crippen LogP contribution in [0.1, 0.15) is 25.8 Å². The first-order valence-corrected chi connectivity index (χ1v) is 9.39. The van der Waals surface area contributed by atoms with E-state index in [0.29, 0.717) is 12.5 Å². The van der Waals surface area contributed by atoms with Crippen LogP contribution in [0, 0.1) is 0 Å². The van der Waals surface area contributed by atoms with Gasteiger partial charge in [-0.25, -0.2) is 8.42 Å². The highest BCUT2D eigenvalue weighted by Gasteiger charge is 2.40. The lowest BCUT2D eigenvalue weighted by Crippen LogP contribution is -2.48. The van der Waals surface area contributed by atoms with Gasteiger partial charge in [0.2, 0.25) is 0 Å². The molecule has 21 heavy (non-hydrogen) atoms. The molecule has 2 aliphatic rings. The smallest absolute Gasteiger partial charge is 0.152 e. The average Bonchev–Trinajstić information content (AvgIpc) is 2.95. The van der Waals surface area contributed by atoms with Crippen molar-refractivity contribution in [3.8, 4) is 0 Å². The SMILES string of the molecule is C[C@@H]1CN(Cc2cnn(C3(C)CCS(=O)(=O)C3)c2)CCN1. The van der Waals surface area contributed by atoms with E-state index in [1.165, 1.54) is 0 Å². The highest BCUT2D eigenvalue weighted by Crippen LogP contribution is 2.30. The first-order valence-electron chi connectivity index (χ1n) is 7.57. The second kappa shape index (κ2) is 5.37. The summed E-state index contributed by atoms with van der Waals surface area (Å²) in [5, 5.41) is 7.86. The van der Waals surface area contributed by atoms with E-state index < -0.39 is 9.84 Å². The molecule has 118 valence electrons. The van der Waals surface area contributed by atoms with Crippen molar-refractivity contribution in [2.75, 3.05) is 31.1 Å². The Balaban J connectivity index is 1.69. The van der Waals surface area contributed by atoms with Gasteiger partial charge >= 0.3 is 0 Å². The van der Waals surface area contributed by atoms with E-state index in [-0.39, 0.29) is 17.0 Å². The molecule has 0 radical (unpaired) electrons. The molecule has 2 saturated heterocycles. The molecule has 0 spiro atoms. The molecule has 0 bridgehead atoms. The second-order valence-corrected chi connectivity index (χ2v) is 8.91. The minimum atomic E-state index is -2.91. The fraction of sp³-hybridized carbons (Fsp3) is 0.786. The number of hydrogen-bond donors (Lipinski definition) is 1. The molecule has 1 N–H and O–H groups in total. The van der Waals surface area contributed by atoms with Crippen molar-refractivity contribution >= 4 is 9.84 Å². The first kappa shape index (κ1) is 15.0. The van der Waals surface area contributed by atoms with Gasteiger partial charge < -0.3 is 5.32 Å². The molecule has 0 amide bonds. The van der Waals surface area contributed by atoms with Crippen LogP contribution in [0.3, 0.4) is 0 Å². The van der Waals surface area contributed by atoms with E-state index in [1.807, 2.05) is 24.0 Å². The van der Waals surface area contributed by atoms with Crippen LogP contribution in [0.4, 0.5) is 0 Å². The maximum Gasteiger partial charge on any atom is 0.152 e. The number of aromatic nitrogens is 2. The molecule has 1 aromatic heterocycles. The second-order valence-electron chi connectivity index (χ2n) is 6.72. The van der Waals surface area contributed by atoms with E-state index in [4.69, 9.17) is 0 Å². The van der Waals surface area contributed by atoms with E-state index in [0.717, 1.165) is 31.7 Å². The predicted molar refractivity (Wildman–Crippen MR) is 81.9 cm³/mol. The van der Waals surface area contributed by atoms with Crippen LogP contribution in [0.2, 0.25) is 0 Å². The Kier molecular flexibility index (Phi) is 3.83. The average molecular weight is 312 g/mol. The fourth-order valence-corrected chi connectivity index (χ4v) is 5.44. The lowest BCUT2D eigenvalue weighted by molar-refractivity contribution is 0.199. The molecule has 2 aliphatic heterocycles. The zero-order valence-electron chi connectivity index (χ0n) is 12.7. The first-order chi connectivity index (χ1) is 9.86. The molecule has 3 rings (SSSR count). The third-order valence-electron chi connectivity index (χ3n) is 4.53. The summed E-state index contributed by atoms with van der Waals surface area (Å²) < 4.78 is 25.3. The quantitative estimate of drug-likeness (QED) is 0.864. The third kappa shape index (κ3) is 3.30. The Labute approximate surface area is 126 Å². The van der Waals surface area contributed by atoms with Gasteiger partial charge in [0.05, 0.1) is 23.2 Å². The molecule has 0 saturated carbocycles. The van der Waals surface area contributed by atoms with Crippen molar-refractivity contribution in [3.63, 3.8) is 0 Å². The maximum absolute atomic E-state index is 11.7. The summed E-state index contributed by atoms with van der Waals surface area (Å²) in [6.45, 7) is 8.17. The lowest BCUT2D eigenvalue weighted by atomic mass is 10.0. The molecule has 2 fully saturated rings. The minimum Gasteiger partial charge on any atom is -0.312 e. The molecule has 1 aromatic rings. The largest absolute Gasteiger partial charge is 0.312 e. The highest BCUT2D eigenvalue weighted by atomic mass is 32.2. The van der Waals surface area contributed by atoms with Crippen molar-refractivity contribution in [1.29, 1.82) is 0 Å². The van der Waals surface area contributed by atoms with E-state index >= 15 is 0 Å². The highest BCUT2D eigenvalue weighted by molar-refractivity contribution is 7.91. The molecule has 0 aromatic carbocycles.